The zero-order valence-corrected chi connectivity index (χ0v) is 15.9. The van der Waals surface area contributed by atoms with E-state index in [4.69, 9.17) is 0 Å². The maximum absolute atomic E-state index is 12.8. The van der Waals surface area contributed by atoms with Crippen molar-refractivity contribution in [3.63, 3.8) is 0 Å². The Morgan fingerprint density at radius 2 is 1.89 bits per heavy atom. The molecule has 27 heavy (non-hydrogen) atoms. The van der Waals surface area contributed by atoms with Crippen LogP contribution in [0.5, 0.6) is 0 Å². The van der Waals surface area contributed by atoms with Gasteiger partial charge in [-0.1, -0.05) is 36.1 Å². The molecule has 0 spiro atoms. The maximum Gasteiger partial charge on any atom is 0.248 e. The first-order valence-corrected chi connectivity index (χ1v) is 9.98. The van der Waals surface area contributed by atoms with E-state index in [9.17, 15) is 9.59 Å². The minimum Gasteiger partial charge on any atom is -0.324 e. The van der Waals surface area contributed by atoms with Gasteiger partial charge in [0.05, 0.1) is 4.87 Å². The van der Waals surface area contributed by atoms with Crippen molar-refractivity contribution in [3.8, 4) is 11.8 Å². The van der Waals surface area contributed by atoms with Gasteiger partial charge in [0.2, 0.25) is 11.8 Å². The van der Waals surface area contributed by atoms with Crippen molar-refractivity contribution in [2.45, 2.75) is 30.7 Å². The van der Waals surface area contributed by atoms with Crippen LogP contribution in [0.3, 0.4) is 0 Å². The molecule has 0 radical (unpaired) electrons. The van der Waals surface area contributed by atoms with E-state index in [-0.39, 0.29) is 16.7 Å². The van der Waals surface area contributed by atoms with Gasteiger partial charge in [0.15, 0.2) is 0 Å². The predicted octanol–water partition coefficient (Wildman–Crippen LogP) is 3.48. The van der Waals surface area contributed by atoms with Crippen LogP contribution in [0.2, 0.25) is 0 Å². The van der Waals surface area contributed by atoms with Crippen LogP contribution < -0.4 is 5.32 Å². The van der Waals surface area contributed by atoms with Crippen LogP contribution in [-0.2, 0) is 9.59 Å². The molecule has 2 amide bonds. The van der Waals surface area contributed by atoms with Crippen LogP contribution in [0.4, 0.5) is 5.69 Å². The molecule has 4 rings (SSSR count). The van der Waals surface area contributed by atoms with Crippen molar-refractivity contribution in [2.75, 3.05) is 11.1 Å². The minimum atomic E-state index is -0.408. The van der Waals surface area contributed by atoms with E-state index < -0.39 is 6.04 Å². The SMILES string of the molecule is CC12CCC(=O)N1C(C(=O)Nc1cccc(C#Cc3ccccc3)c1)CS2. The first-order valence-electron chi connectivity index (χ1n) is 8.99. The van der Waals surface area contributed by atoms with Gasteiger partial charge in [0, 0.05) is 29.0 Å². The summed E-state index contributed by atoms with van der Waals surface area (Å²) in [5.74, 6) is 6.83. The molecule has 4 nitrogen and oxygen atoms in total. The molecule has 2 heterocycles. The van der Waals surface area contributed by atoms with Crippen molar-refractivity contribution in [1.82, 2.24) is 4.90 Å². The van der Waals surface area contributed by atoms with Gasteiger partial charge in [0.1, 0.15) is 6.04 Å². The number of fused-ring (bicyclic) bond motifs is 1. The molecule has 0 aromatic heterocycles. The zero-order chi connectivity index (χ0) is 18.9. The monoisotopic (exact) mass is 376 g/mol. The van der Waals surface area contributed by atoms with E-state index >= 15 is 0 Å². The maximum atomic E-state index is 12.8. The Bertz CT molecular complexity index is 948. The third-order valence-electron chi connectivity index (χ3n) is 5.00. The quantitative estimate of drug-likeness (QED) is 0.817. The van der Waals surface area contributed by atoms with Crippen molar-refractivity contribution in [1.29, 1.82) is 0 Å². The highest BCUT2D eigenvalue weighted by atomic mass is 32.2. The van der Waals surface area contributed by atoms with Gasteiger partial charge in [0.25, 0.3) is 0 Å². The summed E-state index contributed by atoms with van der Waals surface area (Å²) in [5.41, 5.74) is 2.48. The first-order chi connectivity index (χ1) is 13.0. The normalized spacial score (nSPS) is 23.5. The van der Waals surface area contributed by atoms with E-state index in [2.05, 4.69) is 24.1 Å². The lowest BCUT2D eigenvalue weighted by Gasteiger charge is -2.29. The molecule has 2 fully saturated rings. The Hall–Kier alpha value is -2.71. The molecule has 2 saturated heterocycles. The number of benzene rings is 2. The van der Waals surface area contributed by atoms with Crippen molar-refractivity contribution in [3.05, 3.63) is 65.7 Å². The second-order valence-electron chi connectivity index (χ2n) is 6.95. The second-order valence-corrected chi connectivity index (χ2v) is 8.45. The van der Waals surface area contributed by atoms with E-state index in [1.165, 1.54) is 0 Å². The number of carbonyl (C=O) groups is 2. The molecule has 2 atom stereocenters. The third kappa shape index (κ3) is 3.58. The van der Waals surface area contributed by atoms with Gasteiger partial charge in [-0.15, -0.1) is 11.8 Å². The fourth-order valence-electron chi connectivity index (χ4n) is 3.58. The molecule has 2 aromatic rings. The molecule has 2 aliphatic rings. The molecule has 2 aliphatic heterocycles. The van der Waals surface area contributed by atoms with Gasteiger partial charge in [-0.2, -0.15) is 0 Å². The number of hydrogen-bond donors (Lipinski definition) is 1. The highest BCUT2D eigenvalue weighted by Crippen LogP contribution is 2.47. The fourth-order valence-corrected chi connectivity index (χ4v) is 5.01. The Balaban J connectivity index is 1.48. The van der Waals surface area contributed by atoms with Gasteiger partial charge in [-0.3, -0.25) is 9.59 Å². The van der Waals surface area contributed by atoms with Crippen LogP contribution in [0.25, 0.3) is 0 Å². The highest BCUT2D eigenvalue weighted by Gasteiger charge is 2.52. The number of rotatable bonds is 2. The molecule has 5 heteroatoms. The van der Waals surface area contributed by atoms with Gasteiger partial charge in [-0.25, -0.2) is 0 Å². The summed E-state index contributed by atoms with van der Waals surface area (Å²) in [7, 11) is 0. The average Bonchev–Trinajstić information content (AvgIpc) is 3.17. The fraction of sp³-hybridized carbons (Fsp3) is 0.273. The summed E-state index contributed by atoms with van der Waals surface area (Å²) < 4.78 is 0. The predicted molar refractivity (Wildman–Crippen MR) is 108 cm³/mol. The topological polar surface area (TPSA) is 49.4 Å². The minimum absolute atomic E-state index is 0.0742. The molecular formula is C22H20N2O2S. The zero-order valence-electron chi connectivity index (χ0n) is 15.1. The van der Waals surface area contributed by atoms with E-state index in [1.54, 1.807) is 16.7 Å². The van der Waals surface area contributed by atoms with Crippen molar-refractivity contribution < 1.29 is 9.59 Å². The van der Waals surface area contributed by atoms with Crippen LogP contribution in [-0.4, -0.2) is 33.4 Å². The lowest BCUT2D eigenvalue weighted by atomic mass is 10.1. The summed E-state index contributed by atoms with van der Waals surface area (Å²) in [4.78, 5) is 26.5. The lowest BCUT2D eigenvalue weighted by molar-refractivity contribution is -0.135. The smallest absolute Gasteiger partial charge is 0.248 e. The second kappa shape index (κ2) is 7.13. The van der Waals surface area contributed by atoms with Crippen molar-refractivity contribution >= 4 is 29.3 Å². The van der Waals surface area contributed by atoms with Crippen LogP contribution in [0.15, 0.2) is 54.6 Å². The van der Waals surface area contributed by atoms with Crippen molar-refractivity contribution in [2.24, 2.45) is 0 Å². The van der Waals surface area contributed by atoms with Crippen LogP contribution in [0, 0.1) is 11.8 Å². The van der Waals surface area contributed by atoms with Gasteiger partial charge in [-0.05, 0) is 43.7 Å². The Morgan fingerprint density at radius 1 is 1.15 bits per heavy atom. The Morgan fingerprint density at radius 3 is 2.70 bits per heavy atom. The molecule has 0 saturated carbocycles. The largest absolute Gasteiger partial charge is 0.324 e. The number of carbonyl (C=O) groups excluding carboxylic acids is 2. The van der Waals surface area contributed by atoms with Gasteiger partial charge >= 0.3 is 0 Å². The number of amides is 2. The number of nitrogens with zero attached hydrogens (tertiary/aromatic N) is 1. The summed E-state index contributed by atoms with van der Waals surface area (Å²) in [6.07, 6.45) is 1.34. The van der Waals surface area contributed by atoms with Crippen LogP contribution in [0.1, 0.15) is 30.9 Å². The highest BCUT2D eigenvalue weighted by molar-refractivity contribution is 8.01. The lowest BCUT2D eigenvalue weighted by Crippen LogP contribution is -2.48. The Kier molecular flexibility index (Phi) is 4.67. The van der Waals surface area contributed by atoms with Crippen LogP contribution >= 0.6 is 11.8 Å². The standard InChI is InChI=1S/C22H20N2O2S/c1-22-13-12-20(25)24(22)19(15-27-22)21(26)23-18-9-5-8-17(14-18)11-10-16-6-3-2-4-7-16/h2-9,14,19H,12-13,15H2,1H3,(H,23,26). The average molecular weight is 376 g/mol. The molecular weight excluding hydrogens is 356 g/mol. The molecule has 1 N–H and O–H groups in total. The summed E-state index contributed by atoms with van der Waals surface area (Å²) in [6.45, 7) is 2.05. The third-order valence-corrected chi connectivity index (χ3v) is 6.51. The van der Waals surface area contributed by atoms with E-state index in [0.717, 1.165) is 17.5 Å². The summed E-state index contributed by atoms with van der Waals surface area (Å²) in [6, 6.07) is 16.9. The molecule has 136 valence electrons. The van der Waals surface area contributed by atoms with E-state index in [0.29, 0.717) is 17.9 Å². The summed E-state index contributed by atoms with van der Waals surface area (Å²) in [5, 5.41) is 2.96. The number of thioether (sulfide) groups is 1. The molecule has 0 aliphatic carbocycles. The molecule has 2 unspecified atom stereocenters. The number of nitrogens with one attached hydrogen (secondary N) is 1. The number of anilines is 1. The first kappa shape index (κ1) is 17.7. The summed E-state index contributed by atoms with van der Waals surface area (Å²) >= 11 is 1.70. The molecule has 2 aromatic carbocycles. The van der Waals surface area contributed by atoms with E-state index in [1.807, 2.05) is 54.6 Å². The molecule has 0 bridgehead atoms. The number of hydrogen-bond acceptors (Lipinski definition) is 3. The van der Waals surface area contributed by atoms with Gasteiger partial charge < -0.3 is 10.2 Å². The Labute approximate surface area is 163 Å².